The van der Waals surface area contributed by atoms with Crippen LogP contribution < -0.4 is 0 Å². The van der Waals surface area contributed by atoms with Crippen molar-refractivity contribution in [1.29, 1.82) is 0 Å². The zero-order valence-corrected chi connectivity index (χ0v) is 9.72. The number of carboxylic acid groups (broad SMARTS) is 1. The van der Waals surface area contributed by atoms with Crippen molar-refractivity contribution in [1.82, 2.24) is 14.7 Å². The number of rotatable bonds is 2. The Morgan fingerprint density at radius 3 is 2.47 bits per heavy atom. The highest BCUT2D eigenvalue weighted by Gasteiger charge is 2.22. The average Bonchev–Trinajstić information content (AvgIpc) is 2.71. The molecule has 0 spiro atoms. The predicted molar refractivity (Wildman–Crippen MR) is 59.9 cm³/mol. The molecule has 6 heteroatoms. The van der Waals surface area contributed by atoms with Gasteiger partial charge in [-0.1, -0.05) is 0 Å². The van der Waals surface area contributed by atoms with E-state index < -0.39 is 5.97 Å². The molecule has 1 saturated heterocycles. The molecular formula is C11H15N3O3. The second-order valence-electron chi connectivity index (χ2n) is 4.20. The number of carbonyl (C=O) groups is 2. The number of carbonyl (C=O) groups excluding carboxylic acids is 1. The number of nitrogens with zero attached hydrogens (tertiary/aromatic N) is 3. The first-order chi connectivity index (χ1) is 8.09. The summed E-state index contributed by atoms with van der Waals surface area (Å²) in [6.07, 6.45) is 3.15. The summed E-state index contributed by atoms with van der Waals surface area (Å²) in [5, 5.41) is 12.8. The predicted octanol–water partition coefficient (Wildman–Crippen LogP) is 0.744. The molecule has 6 nitrogen and oxygen atoms in total. The van der Waals surface area contributed by atoms with Gasteiger partial charge in [0.2, 0.25) is 0 Å². The van der Waals surface area contributed by atoms with E-state index in [4.69, 9.17) is 5.11 Å². The van der Waals surface area contributed by atoms with Gasteiger partial charge in [0.15, 0.2) is 5.69 Å². The van der Waals surface area contributed by atoms with E-state index in [9.17, 15) is 9.59 Å². The lowest BCUT2D eigenvalue weighted by molar-refractivity contribution is 0.0683. The zero-order chi connectivity index (χ0) is 12.4. The summed E-state index contributed by atoms with van der Waals surface area (Å²) < 4.78 is 1.22. The van der Waals surface area contributed by atoms with Crippen LogP contribution in [0.25, 0.3) is 0 Å². The standard InChI is InChI=1S/C11H15N3O3/c1-13-9(11(16)17)7-8(12-13)10(15)14-5-3-2-4-6-14/h7H,2-6H2,1H3,(H,16,17). The maximum atomic E-state index is 12.0. The fourth-order valence-corrected chi connectivity index (χ4v) is 2.03. The van der Waals surface area contributed by atoms with Gasteiger partial charge in [0, 0.05) is 26.2 Å². The van der Waals surface area contributed by atoms with Crippen molar-refractivity contribution < 1.29 is 14.7 Å². The van der Waals surface area contributed by atoms with Crippen molar-refractivity contribution in [2.24, 2.45) is 7.05 Å². The van der Waals surface area contributed by atoms with Gasteiger partial charge in [0.1, 0.15) is 5.69 Å². The molecule has 1 aromatic rings. The molecule has 1 aromatic heterocycles. The molecule has 1 amide bonds. The van der Waals surface area contributed by atoms with Gasteiger partial charge in [-0.05, 0) is 19.3 Å². The molecular weight excluding hydrogens is 222 g/mol. The Balaban J connectivity index is 2.19. The molecule has 1 aliphatic heterocycles. The van der Waals surface area contributed by atoms with E-state index >= 15 is 0 Å². The van der Waals surface area contributed by atoms with Gasteiger partial charge in [-0.2, -0.15) is 5.10 Å². The first-order valence-corrected chi connectivity index (χ1v) is 5.66. The van der Waals surface area contributed by atoms with E-state index in [1.807, 2.05) is 0 Å². The summed E-state index contributed by atoms with van der Waals surface area (Å²) in [6, 6.07) is 1.33. The highest BCUT2D eigenvalue weighted by atomic mass is 16.4. The molecule has 0 aromatic carbocycles. The molecule has 2 heterocycles. The summed E-state index contributed by atoms with van der Waals surface area (Å²) in [5.41, 5.74) is 0.247. The number of hydrogen-bond donors (Lipinski definition) is 1. The topological polar surface area (TPSA) is 75.4 Å². The van der Waals surface area contributed by atoms with Crippen molar-refractivity contribution in [2.45, 2.75) is 19.3 Å². The van der Waals surface area contributed by atoms with Crippen molar-refractivity contribution in [3.63, 3.8) is 0 Å². The molecule has 1 fully saturated rings. The van der Waals surface area contributed by atoms with Gasteiger partial charge in [-0.3, -0.25) is 9.48 Å². The van der Waals surface area contributed by atoms with Crippen LogP contribution in [0.3, 0.4) is 0 Å². The van der Waals surface area contributed by atoms with E-state index in [1.54, 1.807) is 4.90 Å². The summed E-state index contributed by atoms with van der Waals surface area (Å²) in [4.78, 5) is 24.6. The van der Waals surface area contributed by atoms with Crippen molar-refractivity contribution in [3.05, 3.63) is 17.5 Å². The van der Waals surface area contributed by atoms with Crippen LogP contribution in [-0.2, 0) is 7.05 Å². The number of amides is 1. The fourth-order valence-electron chi connectivity index (χ4n) is 2.03. The average molecular weight is 237 g/mol. The number of aromatic carboxylic acids is 1. The Kier molecular flexibility index (Phi) is 3.12. The van der Waals surface area contributed by atoms with Gasteiger partial charge in [0.25, 0.3) is 5.91 Å². The highest BCUT2D eigenvalue weighted by molar-refractivity contribution is 5.95. The van der Waals surface area contributed by atoms with Gasteiger partial charge < -0.3 is 10.0 Å². The van der Waals surface area contributed by atoms with Crippen LogP contribution in [0.4, 0.5) is 0 Å². The lowest BCUT2D eigenvalue weighted by Gasteiger charge is -2.25. The normalized spacial score (nSPS) is 15.9. The molecule has 0 bridgehead atoms. The number of hydrogen-bond acceptors (Lipinski definition) is 3. The Morgan fingerprint density at radius 1 is 1.29 bits per heavy atom. The lowest BCUT2D eigenvalue weighted by atomic mass is 10.1. The van der Waals surface area contributed by atoms with Crippen LogP contribution in [-0.4, -0.2) is 44.8 Å². The summed E-state index contributed by atoms with van der Waals surface area (Å²) in [5.74, 6) is -1.24. The number of aromatic nitrogens is 2. The van der Waals surface area contributed by atoms with Crippen LogP contribution in [0.2, 0.25) is 0 Å². The number of likely N-dealkylation sites (tertiary alicyclic amines) is 1. The maximum absolute atomic E-state index is 12.0. The van der Waals surface area contributed by atoms with E-state index in [0.29, 0.717) is 0 Å². The van der Waals surface area contributed by atoms with E-state index in [-0.39, 0.29) is 17.3 Å². The second-order valence-corrected chi connectivity index (χ2v) is 4.20. The molecule has 1 N–H and O–H groups in total. The summed E-state index contributed by atoms with van der Waals surface area (Å²) >= 11 is 0. The minimum Gasteiger partial charge on any atom is -0.477 e. The summed E-state index contributed by atoms with van der Waals surface area (Å²) in [6.45, 7) is 1.47. The lowest BCUT2D eigenvalue weighted by Crippen LogP contribution is -2.35. The van der Waals surface area contributed by atoms with E-state index in [0.717, 1.165) is 32.4 Å². The molecule has 0 atom stereocenters. The minimum atomic E-state index is -1.07. The fraction of sp³-hybridized carbons (Fsp3) is 0.545. The Bertz CT molecular complexity index is 447. The van der Waals surface area contributed by atoms with Gasteiger partial charge >= 0.3 is 5.97 Å². The van der Waals surface area contributed by atoms with E-state index in [1.165, 1.54) is 17.8 Å². The molecule has 0 saturated carbocycles. The monoisotopic (exact) mass is 237 g/mol. The Morgan fingerprint density at radius 2 is 1.94 bits per heavy atom. The molecule has 2 rings (SSSR count). The zero-order valence-electron chi connectivity index (χ0n) is 9.72. The van der Waals surface area contributed by atoms with Crippen LogP contribution in [0.15, 0.2) is 6.07 Å². The van der Waals surface area contributed by atoms with Crippen molar-refractivity contribution in [2.75, 3.05) is 13.1 Å². The molecule has 0 aliphatic carbocycles. The summed E-state index contributed by atoms with van der Waals surface area (Å²) in [7, 11) is 1.52. The maximum Gasteiger partial charge on any atom is 0.354 e. The Labute approximate surface area is 98.8 Å². The third-order valence-electron chi connectivity index (χ3n) is 2.96. The SMILES string of the molecule is Cn1nc(C(=O)N2CCCCC2)cc1C(=O)O. The number of piperidine rings is 1. The second kappa shape index (κ2) is 4.57. The largest absolute Gasteiger partial charge is 0.477 e. The van der Waals surface area contributed by atoms with Crippen LogP contribution in [0.5, 0.6) is 0 Å². The molecule has 17 heavy (non-hydrogen) atoms. The smallest absolute Gasteiger partial charge is 0.354 e. The Hall–Kier alpha value is -1.85. The first kappa shape index (κ1) is 11.6. The van der Waals surface area contributed by atoms with Crippen molar-refractivity contribution in [3.8, 4) is 0 Å². The first-order valence-electron chi connectivity index (χ1n) is 5.66. The van der Waals surface area contributed by atoms with Crippen LogP contribution in [0.1, 0.15) is 40.2 Å². The third kappa shape index (κ3) is 2.30. The molecule has 92 valence electrons. The highest BCUT2D eigenvalue weighted by Crippen LogP contribution is 2.13. The molecule has 0 radical (unpaired) electrons. The minimum absolute atomic E-state index is 0.0327. The van der Waals surface area contributed by atoms with Crippen LogP contribution >= 0.6 is 0 Å². The van der Waals surface area contributed by atoms with Gasteiger partial charge in [-0.25, -0.2) is 4.79 Å². The van der Waals surface area contributed by atoms with Gasteiger partial charge in [0.05, 0.1) is 0 Å². The number of aryl methyl sites for hydroxylation is 1. The quantitative estimate of drug-likeness (QED) is 0.823. The third-order valence-corrected chi connectivity index (χ3v) is 2.96. The van der Waals surface area contributed by atoms with Crippen LogP contribution in [0, 0.1) is 0 Å². The molecule has 0 unspecified atom stereocenters. The van der Waals surface area contributed by atoms with E-state index in [2.05, 4.69) is 5.10 Å². The van der Waals surface area contributed by atoms with Crippen molar-refractivity contribution >= 4 is 11.9 Å². The molecule has 1 aliphatic rings. The number of carboxylic acids is 1. The van der Waals surface area contributed by atoms with Gasteiger partial charge in [-0.15, -0.1) is 0 Å².